The minimum Gasteiger partial charge on any atom is -0.467 e. The van der Waals surface area contributed by atoms with Crippen LogP contribution in [0.15, 0.2) is 47.1 Å². The summed E-state index contributed by atoms with van der Waals surface area (Å²) in [6.45, 7) is 0.704. The number of furan rings is 1. The van der Waals surface area contributed by atoms with E-state index < -0.39 is 5.92 Å². The van der Waals surface area contributed by atoms with Crippen LogP contribution in [0.25, 0.3) is 0 Å². The van der Waals surface area contributed by atoms with Gasteiger partial charge in [-0.15, -0.1) is 0 Å². The van der Waals surface area contributed by atoms with E-state index in [0.717, 1.165) is 0 Å². The van der Waals surface area contributed by atoms with E-state index in [1.54, 1.807) is 12.1 Å². The smallest absolute Gasteiger partial charge is 0.239 e. The van der Waals surface area contributed by atoms with Crippen molar-refractivity contribution in [2.45, 2.75) is 13.0 Å². The molecule has 1 aromatic carbocycles. The van der Waals surface area contributed by atoms with Crippen LogP contribution in [-0.2, 0) is 16.1 Å². The summed E-state index contributed by atoms with van der Waals surface area (Å²) in [6, 6.07) is 9.16. The molecule has 1 aliphatic heterocycles. The summed E-state index contributed by atoms with van der Waals surface area (Å²) in [5.41, 5.74) is 0.604. The highest BCUT2D eigenvalue weighted by molar-refractivity contribution is 6.09. The molecule has 0 aliphatic carbocycles. The Morgan fingerprint density at radius 1 is 1.32 bits per heavy atom. The molecule has 5 nitrogen and oxygen atoms in total. The van der Waals surface area contributed by atoms with Gasteiger partial charge in [0.05, 0.1) is 12.8 Å². The zero-order valence-electron chi connectivity index (χ0n) is 11.8. The molecular formula is C16H15FN2O3. The maximum Gasteiger partial charge on any atom is 0.239 e. The van der Waals surface area contributed by atoms with E-state index >= 15 is 0 Å². The van der Waals surface area contributed by atoms with Gasteiger partial charge in [0.2, 0.25) is 11.8 Å². The number of rotatable bonds is 4. The highest BCUT2D eigenvalue weighted by Gasteiger charge is 2.37. The third kappa shape index (κ3) is 2.86. The standard InChI is InChI=1S/C16H15FN2O3/c17-11-3-5-12(6-4-11)19-8-7-14(16(19)21)15(20)18-10-13-2-1-9-22-13/h1-6,9,14H,7-8,10H2,(H,18,20)/t14-/m1/s1. The molecule has 2 heterocycles. The van der Waals surface area contributed by atoms with Gasteiger partial charge in [0.25, 0.3) is 0 Å². The van der Waals surface area contributed by atoms with Crippen molar-refractivity contribution in [1.82, 2.24) is 5.32 Å². The highest BCUT2D eigenvalue weighted by atomic mass is 19.1. The molecule has 0 unspecified atom stereocenters. The zero-order chi connectivity index (χ0) is 15.5. The lowest BCUT2D eigenvalue weighted by Gasteiger charge is -2.16. The molecule has 1 aliphatic rings. The predicted octanol–water partition coefficient (Wildman–Crippen LogP) is 2.09. The number of anilines is 1. The molecule has 1 fully saturated rings. The number of amides is 2. The first-order valence-electron chi connectivity index (χ1n) is 7.02. The molecule has 2 aromatic rings. The SMILES string of the molecule is O=C(NCc1ccco1)[C@H]1CCN(c2ccc(F)cc2)C1=O. The van der Waals surface area contributed by atoms with Crippen molar-refractivity contribution in [3.05, 3.63) is 54.2 Å². The number of hydrogen-bond acceptors (Lipinski definition) is 3. The number of carbonyl (C=O) groups is 2. The fourth-order valence-electron chi connectivity index (χ4n) is 2.51. The van der Waals surface area contributed by atoms with Crippen LogP contribution < -0.4 is 10.2 Å². The minimum atomic E-state index is -0.708. The van der Waals surface area contributed by atoms with E-state index in [0.29, 0.717) is 24.4 Å². The van der Waals surface area contributed by atoms with Crippen LogP contribution in [0.4, 0.5) is 10.1 Å². The summed E-state index contributed by atoms with van der Waals surface area (Å²) in [6.07, 6.45) is 1.97. The lowest BCUT2D eigenvalue weighted by Crippen LogP contribution is -2.36. The van der Waals surface area contributed by atoms with E-state index in [2.05, 4.69) is 5.32 Å². The van der Waals surface area contributed by atoms with Crippen molar-refractivity contribution < 1.29 is 18.4 Å². The molecule has 114 valence electrons. The Bertz CT molecular complexity index is 667. The Morgan fingerprint density at radius 2 is 2.09 bits per heavy atom. The minimum absolute atomic E-state index is 0.256. The van der Waals surface area contributed by atoms with Crippen molar-refractivity contribution in [3.63, 3.8) is 0 Å². The van der Waals surface area contributed by atoms with Crippen molar-refractivity contribution in [1.29, 1.82) is 0 Å². The maximum atomic E-state index is 12.9. The molecule has 2 amide bonds. The van der Waals surface area contributed by atoms with Gasteiger partial charge in [-0.25, -0.2) is 4.39 Å². The molecule has 0 bridgehead atoms. The van der Waals surface area contributed by atoms with E-state index in [4.69, 9.17) is 4.42 Å². The van der Waals surface area contributed by atoms with Gasteiger partial charge in [-0.05, 0) is 42.8 Å². The fraction of sp³-hybridized carbons (Fsp3) is 0.250. The molecule has 1 saturated heterocycles. The van der Waals surface area contributed by atoms with Crippen LogP contribution in [-0.4, -0.2) is 18.4 Å². The second kappa shape index (κ2) is 6.01. The topological polar surface area (TPSA) is 62.6 Å². The number of benzene rings is 1. The van der Waals surface area contributed by atoms with Crippen LogP contribution in [0.2, 0.25) is 0 Å². The average molecular weight is 302 g/mol. The monoisotopic (exact) mass is 302 g/mol. The predicted molar refractivity (Wildman–Crippen MR) is 77.4 cm³/mol. The van der Waals surface area contributed by atoms with Crippen molar-refractivity contribution in [3.8, 4) is 0 Å². The largest absolute Gasteiger partial charge is 0.467 e. The third-order valence-electron chi connectivity index (χ3n) is 3.68. The van der Waals surface area contributed by atoms with Crippen molar-refractivity contribution in [2.75, 3.05) is 11.4 Å². The third-order valence-corrected chi connectivity index (χ3v) is 3.68. The normalized spacial score (nSPS) is 17.8. The van der Waals surface area contributed by atoms with Crippen LogP contribution in [0.1, 0.15) is 12.2 Å². The van der Waals surface area contributed by atoms with Gasteiger partial charge in [0.1, 0.15) is 17.5 Å². The number of halogens is 1. The average Bonchev–Trinajstić information content (AvgIpc) is 3.15. The van der Waals surface area contributed by atoms with E-state index in [-0.39, 0.29) is 24.2 Å². The first kappa shape index (κ1) is 14.3. The summed E-state index contributed by atoms with van der Waals surface area (Å²) in [7, 11) is 0. The lowest BCUT2D eigenvalue weighted by atomic mass is 10.1. The first-order valence-corrected chi connectivity index (χ1v) is 7.02. The Hall–Kier alpha value is -2.63. The highest BCUT2D eigenvalue weighted by Crippen LogP contribution is 2.25. The molecule has 0 saturated carbocycles. The Balaban J connectivity index is 1.63. The quantitative estimate of drug-likeness (QED) is 0.880. The molecule has 0 radical (unpaired) electrons. The van der Waals surface area contributed by atoms with Gasteiger partial charge in [-0.1, -0.05) is 0 Å². The lowest BCUT2D eigenvalue weighted by molar-refractivity contribution is -0.132. The summed E-state index contributed by atoms with van der Waals surface area (Å²) < 4.78 is 18.1. The van der Waals surface area contributed by atoms with Gasteiger partial charge < -0.3 is 14.6 Å². The Labute approximate surface area is 126 Å². The van der Waals surface area contributed by atoms with E-state index in [1.807, 2.05) is 0 Å². The van der Waals surface area contributed by atoms with Gasteiger partial charge in [-0.3, -0.25) is 9.59 Å². The van der Waals surface area contributed by atoms with Crippen molar-refractivity contribution in [2.24, 2.45) is 5.92 Å². The molecule has 22 heavy (non-hydrogen) atoms. The van der Waals surface area contributed by atoms with Gasteiger partial charge in [0.15, 0.2) is 0 Å². The van der Waals surface area contributed by atoms with E-state index in [1.165, 1.54) is 35.4 Å². The maximum absolute atomic E-state index is 12.9. The Kier molecular flexibility index (Phi) is 3.91. The summed E-state index contributed by atoms with van der Waals surface area (Å²) in [5, 5.41) is 2.70. The number of nitrogens with zero attached hydrogens (tertiary/aromatic N) is 1. The molecule has 0 spiro atoms. The molecular weight excluding hydrogens is 287 g/mol. The summed E-state index contributed by atoms with van der Waals surface area (Å²) in [4.78, 5) is 26.0. The van der Waals surface area contributed by atoms with Gasteiger partial charge >= 0.3 is 0 Å². The van der Waals surface area contributed by atoms with Gasteiger partial charge in [0, 0.05) is 12.2 Å². The van der Waals surface area contributed by atoms with Crippen LogP contribution in [0.5, 0.6) is 0 Å². The summed E-state index contributed by atoms with van der Waals surface area (Å²) in [5.74, 6) is -1.01. The second-order valence-corrected chi connectivity index (χ2v) is 5.10. The number of nitrogens with one attached hydrogen (secondary N) is 1. The van der Waals surface area contributed by atoms with Crippen LogP contribution in [0, 0.1) is 11.7 Å². The van der Waals surface area contributed by atoms with Gasteiger partial charge in [-0.2, -0.15) is 0 Å². The van der Waals surface area contributed by atoms with E-state index in [9.17, 15) is 14.0 Å². The molecule has 1 N–H and O–H groups in total. The Morgan fingerprint density at radius 3 is 2.77 bits per heavy atom. The zero-order valence-corrected chi connectivity index (χ0v) is 11.8. The molecule has 1 atom stereocenters. The van der Waals surface area contributed by atoms with Crippen LogP contribution in [0.3, 0.4) is 0 Å². The van der Waals surface area contributed by atoms with Crippen LogP contribution >= 0.6 is 0 Å². The second-order valence-electron chi connectivity index (χ2n) is 5.10. The fourth-order valence-corrected chi connectivity index (χ4v) is 2.51. The number of hydrogen-bond donors (Lipinski definition) is 1. The number of carbonyl (C=O) groups excluding carboxylic acids is 2. The molecule has 6 heteroatoms. The molecule has 1 aromatic heterocycles. The first-order chi connectivity index (χ1) is 10.6. The summed E-state index contributed by atoms with van der Waals surface area (Å²) >= 11 is 0. The molecule has 3 rings (SSSR count). The van der Waals surface area contributed by atoms with Crippen molar-refractivity contribution >= 4 is 17.5 Å².